The van der Waals surface area contributed by atoms with Gasteiger partial charge in [0, 0.05) is 19.5 Å². The van der Waals surface area contributed by atoms with E-state index in [0.29, 0.717) is 12.5 Å². The number of sulfonamides is 1. The van der Waals surface area contributed by atoms with Crippen LogP contribution < -0.4 is 10.0 Å². The van der Waals surface area contributed by atoms with Crippen LogP contribution >= 0.6 is 0 Å². The molecule has 2 rings (SSSR count). The van der Waals surface area contributed by atoms with Gasteiger partial charge in [0.2, 0.25) is 15.9 Å². The summed E-state index contributed by atoms with van der Waals surface area (Å²) in [7, 11) is -3.56. The van der Waals surface area contributed by atoms with Crippen LogP contribution in [0.15, 0.2) is 23.1 Å². The third kappa shape index (κ3) is 5.60. The van der Waals surface area contributed by atoms with Crippen LogP contribution in [0, 0.1) is 19.8 Å². The van der Waals surface area contributed by atoms with Gasteiger partial charge in [0.05, 0.1) is 4.90 Å². The monoisotopic (exact) mass is 352 g/mol. The Labute approximate surface area is 145 Å². The third-order valence-electron chi connectivity index (χ3n) is 4.75. The topological polar surface area (TPSA) is 75.3 Å². The molecule has 0 aliphatic heterocycles. The molecule has 0 atom stereocenters. The minimum atomic E-state index is -3.56. The molecule has 134 valence electrons. The zero-order valence-corrected chi connectivity index (χ0v) is 15.4. The maximum atomic E-state index is 12.2. The van der Waals surface area contributed by atoms with Gasteiger partial charge < -0.3 is 5.32 Å². The van der Waals surface area contributed by atoms with Crippen LogP contribution in [0.3, 0.4) is 0 Å². The summed E-state index contributed by atoms with van der Waals surface area (Å²) in [5, 5.41) is 2.92. The van der Waals surface area contributed by atoms with E-state index in [9.17, 15) is 13.2 Å². The van der Waals surface area contributed by atoms with E-state index in [4.69, 9.17) is 0 Å². The van der Waals surface area contributed by atoms with E-state index >= 15 is 0 Å². The van der Waals surface area contributed by atoms with Gasteiger partial charge >= 0.3 is 0 Å². The molecule has 1 aromatic rings. The van der Waals surface area contributed by atoms with Crippen molar-refractivity contribution in [3.8, 4) is 0 Å². The Bertz CT molecular complexity index is 665. The predicted molar refractivity (Wildman–Crippen MR) is 95.3 cm³/mol. The number of benzene rings is 1. The molecule has 5 nitrogen and oxygen atoms in total. The summed E-state index contributed by atoms with van der Waals surface area (Å²) < 4.78 is 27.0. The normalized spacial score (nSPS) is 16.1. The van der Waals surface area contributed by atoms with Crippen molar-refractivity contribution in [3.63, 3.8) is 0 Å². The van der Waals surface area contributed by atoms with E-state index in [1.165, 1.54) is 32.1 Å². The van der Waals surface area contributed by atoms with Gasteiger partial charge in [0.25, 0.3) is 0 Å². The summed E-state index contributed by atoms with van der Waals surface area (Å²) in [6.07, 6.45) is 6.31. The van der Waals surface area contributed by atoms with E-state index in [1.54, 1.807) is 18.2 Å². The molecular formula is C18H28N2O3S. The van der Waals surface area contributed by atoms with Crippen molar-refractivity contribution in [2.24, 2.45) is 5.92 Å². The number of rotatable bonds is 7. The predicted octanol–water partition coefficient (Wildman–Crippen LogP) is 2.67. The fourth-order valence-electron chi connectivity index (χ4n) is 3.00. The molecule has 1 fully saturated rings. The maximum absolute atomic E-state index is 12.2. The number of hydrogen-bond acceptors (Lipinski definition) is 3. The maximum Gasteiger partial charge on any atom is 0.240 e. The fourth-order valence-corrected chi connectivity index (χ4v) is 4.12. The molecule has 1 amide bonds. The first-order chi connectivity index (χ1) is 11.4. The highest BCUT2D eigenvalue weighted by Gasteiger charge is 2.16. The second kappa shape index (κ2) is 8.62. The molecule has 0 saturated heterocycles. The van der Waals surface area contributed by atoms with Crippen LogP contribution in [-0.2, 0) is 14.8 Å². The summed E-state index contributed by atoms with van der Waals surface area (Å²) in [6.45, 7) is 4.65. The van der Waals surface area contributed by atoms with Crippen molar-refractivity contribution < 1.29 is 13.2 Å². The smallest absolute Gasteiger partial charge is 0.240 e. The molecule has 1 saturated carbocycles. The molecule has 0 aromatic heterocycles. The van der Waals surface area contributed by atoms with E-state index in [-0.39, 0.29) is 23.8 Å². The van der Waals surface area contributed by atoms with Crippen molar-refractivity contribution >= 4 is 15.9 Å². The Morgan fingerprint density at radius 2 is 1.83 bits per heavy atom. The van der Waals surface area contributed by atoms with E-state index < -0.39 is 10.0 Å². The lowest BCUT2D eigenvalue weighted by molar-refractivity contribution is -0.121. The molecule has 2 N–H and O–H groups in total. The SMILES string of the molecule is Cc1ccc(S(=O)(=O)NCCC(=O)NCC2CCCCC2)cc1C. The first-order valence-electron chi connectivity index (χ1n) is 8.72. The van der Waals surface area contributed by atoms with Crippen molar-refractivity contribution in [3.05, 3.63) is 29.3 Å². The Balaban J connectivity index is 1.75. The minimum Gasteiger partial charge on any atom is -0.356 e. The zero-order chi connectivity index (χ0) is 17.6. The summed E-state index contributed by atoms with van der Waals surface area (Å²) >= 11 is 0. The van der Waals surface area contributed by atoms with Gasteiger partial charge in [-0.2, -0.15) is 0 Å². The van der Waals surface area contributed by atoms with E-state index in [2.05, 4.69) is 10.0 Å². The average molecular weight is 353 g/mol. The molecule has 0 unspecified atom stereocenters. The van der Waals surface area contributed by atoms with Gasteiger partial charge in [0.1, 0.15) is 0 Å². The molecule has 1 aliphatic carbocycles. The van der Waals surface area contributed by atoms with Crippen LogP contribution in [0.5, 0.6) is 0 Å². The molecule has 1 aliphatic rings. The van der Waals surface area contributed by atoms with Gasteiger partial charge in [-0.3, -0.25) is 4.79 Å². The number of amides is 1. The number of carbonyl (C=O) groups is 1. The standard InChI is InChI=1S/C18H28N2O3S/c1-14-8-9-17(12-15(14)2)24(22,23)20-11-10-18(21)19-13-16-6-4-3-5-7-16/h8-9,12,16,20H,3-7,10-11,13H2,1-2H3,(H,19,21). The van der Waals surface area contributed by atoms with Gasteiger partial charge in [-0.1, -0.05) is 25.3 Å². The lowest BCUT2D eigenvalue weighted by atomic mass is 9.89. The Morgan fingerprint density at radius 1 is 1.12 bits per heavy atom. The van der Waals surface area contributed by atoms with E-state index in [1.807, 2.05) is 13.8 Å². The van der Waals surface area contributed by atoms with Crippen LogP contribution in [0.4, 0.5) is 0 Å². The minimum absolute atomic E-state index is 0.0941. The van der Waals surface area contributed by atoms with Crippen molar-refractivity contribution in [2.45, 2.75) is 57.3 Å². The Kier molecular flexibility index (Phi) is 6.80. The second-order valence-corrected chi connectivity index (χ2v) is 8.47. The molecule has 0 radical (unpaired) electrons. The lowest BCUT2D eigenvalue weighted by Gasteiger charge is -2.21. The molecule has 0 bridgehead atoms. The number of aryl methyl sites for hydroxylation is 2. The van der Waals surface area contributed by atoms with Crippen LogP contribution in [0.2, 0.25) is 0 Å². The lowest BCUT2D eigenvalue weighted by Crippen LogP contribution is -2.33. The highest BCUT2D eigenvalue weighted by Crippen LogP contribution is 2.22. The Hall–Kier alpha value is -1.40. The Morgan fingerprint density at radius 3 is 2.50 bits per heavy atom. The third-order valence-corrected chi connectivity index (χ3v) is 6.20. The highest BCUT2D eigenvalue weighted by atomic mass is 32.2. The molecule has 0 spiro atoms. The van der Waals surface area contributed by atoms with Crippen molar-refractivity contribution in [2.75, 3.05) is 13.1 Å². The summed E-state index contributed by atoms with van der Waals surface area (Å²) in [5.41, 5.74) is 1.99. The van der Waals surface area contributed by atoms with Crippen LogP contribution in [0.25, 0.3) is 0 Å². The first-order valence-corrected chi connectivity index (χ1v) is 10.2. The molecular weight excluding hydrogens is 324 g/mol. The van der Waals surface area contributed by atoms with Gasteiger partial charge in [-0.05, 0) is 55.9 Å². The van der Waals surface area contributed by atoms with Gasteiger partial charge in [0.15, 0.2) is 0 Å². The quantitative estimate of drug-likeness (QED) is 0.792. The van der Waals surface area contributed by atoms with Crippen molar-refractivity contribution in [1.82, 2.24) is 10.0 Å². The zero-order valence-electron chi connectivity index (χ0n) is 14.6. The summed E-state index contributed by atoms with van der Waals surface area (Å²) in [4.78, 5) is 12.1. The number of hydrogen-bond donors (Lipinski definition) is 2. The van der Waals surface area contributed by atoms with Crippen LogP contribution in [-0.4, -0.2) is 27.4 Å². The van der Waals surface area contributed by atoms with Gasteiger partial charge in [-0.25, -0.2) is 13.1 Å². The molecule has 6 heteroatoms. The first kappa shape index (κ1) is 18.9. The fraction of sp³-hybridized carbons (Fsp3) is 0.611. The second-order valence-electron chi connectivity index (χ2n) is 6.70. The molecule has 0 heterocycles. The molecule has 24 heavy (non-hydrogen) atoms. The van der Waals surface area contributed by atoms with Crippen molar-refractivity contribution in [1.29, 1.82) is 0 Å². The average Bonchev–Trinajstić information content (AvgIpc) is 2.56. The van der Waals surface area contributed by atoms with Crippen LogP contribution in [0.1, 0.15) is 49.7 Å². The summed E-state index contributed by atoms with van der Waals surface area (Å²) in [5.74, 6) is 0.485. The molecule has 1 aromatic carbocycles. The summed E-state index contributed by atoms with van der Waals surface area (Å²) in [6, 6.07) is 5.04. The van der Waals surface area contributed by atoms with Gasteiger partial charge in [-0.15, -0.1) is 0 Å². The number of nitrogens with one attached hydrogen (secondary N) is 2. The number of carbonyl (C=O) groups excluding carboxylic acids is 1. The largest absolute Gasteiger partial charge is 0.356 e. The van der Waals surface area contributed by atoms with E-state index in [0.717, 1.165) is 11.1 Å². The highest BCUT2D eigenvalue weighted by molar-refractivity contribution is 7.89.